The maximum absolute atomic E-state index is 13.1. The number of hydrogen-bond acceptors (Lipinski definition) is 5. The fourth-order valence-electron chi connectivity index (χ4n) is 5.33. The Morgan fingerprint density at radius 1 is 1.10 bits per heavy atom. The zero-order valence-corrected chi connectivity index (χ0v) is 17.3. The minimum absolute atomic E-state index is 0.0274. The van der Waals surface area contributed by atoms with Crippen molar-refractivity contribution in [3.05, 3.63) is 57.5 Å². The van der Waals surface area contributed by atoms with E-state index in [0.717, 1.165) is 50.0 Å². The van der Waals surface area contributed by atoms with Gasteiger partial charge >= 0.3 is 0 Å². The van der Waals surface area contributed by atoms with E-state index in [-0.39, 0.29) is 17.5 Å². The van der Waals surface area contributed by atoms with Crippen LogP contribution >= 0.6 is 0 Å². The Labute approximate surface area is 176 Å². The van der Waals surface area contributed by atoms with Gasteiger partial charge in [0, 0.05) is 43.6 Å². The molecule has 1 saturated heterocycles. The van der Waals surface area contributed by atoms with E-state index in [9.17, 15) is 9.59 Å². The lowest BCUT2D eigenvalue weighted by molar-refractivity contribution is 0.0597. The molecule has 3 aliphatic rings. The van der Waals surface area contributed by atoms with Crippen molar-refractivity contribution < 1.29 is 4.79 Å². The minimum Gasteiger partial charge on any atom is -0.328 e. The van der Waals surface area contributed by atoms with Crippen molar-refractivity contribution in [3.63, 3.8) is 0 Å². The number of hydrogen-bond donors (Lipinski definition) is 1. The highest BCUT2D eigenvalue weighted by Crippen LogP contribution is 2.31. The molecule has 1 saturated carbocycles. The topological polar surface area (TPSA) is 82.2 Å². The lowest BCUT2D eigenvalue weighted by Gasteiger charge is -2.36. The molecule has 1 unspecified atom stereocenters. The predicted octanol–water partition coefficient (Wildman–Crippen LogP) is 2.83. The van der Waals surface area contributed by atoms with Crippen molar-refractivity contribution >= 4 is 5.91 Å². The van der Waals surface area contributed by atoms with Crippen LogP contribution in [0.2, 0.25) is 0 Å². The van der Waals surface area contributed by atoms with Crippen molar-refractivity contribution in [2.24, 2.45) is 0 Å². The number of nitrogens with zero attached hydrogens (tertiary/aromatic N) is 4. The van der Waals surface area contributed by atoms with Crippen molar-refractivity contribution in [2.75, 3.05) is 13.1 Å². The van der Waals surface area contributed by atoms with E-state index in [1.807, 2.05) is 4.90 Å². The summed E-state index contributed by atoms with van der Waals surface area (Å²) in [5, 5.41) is 0. The molecule has 2 aliphatic heterocycles. The Morgan fingerprint density at radius 2 is 1.93 bits per heavy atom. The number of amides is 1. The third-order valence-corrected chi connectivity index (χ3v) is 6.95. The number of fused-ring (bicyclic) bond motifs is 1. The van der Waals surface area contributed by atoms with Crippen LogP contribution in [0.3, 0.4) is 0 Å². The molecule has 4 heterocycles. The van der Waals surface area contributed by atoms with Gasteiger partial charge in [-0.15, -0.1) is 0 Å². The predicted molar refractivity (Wildman–Crippen MR) is 113 cm³/mol. The summed E-state index contributed by atoms with van der Waals surface area (Å²) in [6, 6.07) is 4.01. The van der Waals surface area contributed by atoms with Crippen LogP contribution in [0.5, 0.6) is 0 Å². The van der Waals surface area contributed by atoms with E-state index in [2.05, 4.69) is 14.9 Å². The molecule has 2 aromatic rings. The summed E-state index contributed by atoms with van der Waals surface area (Å²) in [5.74, 6) is 0.602. The van der Waals surface area contributed by atoms with Gasteiger partial charge in [-0.1, -0.05) is 12.8 Å². The van der Waals surface area contributed by atoms with E-state index in [1.54, 1.807) is 24.5 Å². The van der Waals surface area contributed by atoms with Gasteiger partial charge in [0.2, 0.25) is 0 Å². The first-order valence-electron chi connectivity index (χ1n) is 11.3. The molecule has 5 rings (SSSR count). The van der Waals surface area contributed by atoms with Gasteiger partial charge in [0.15, 0.2) is 0 Å². The SMILES string of the molecule is O=C(c1cccnc1)N1CCCCC1c1nc2c(c(=O)[nH]1)CCN(C1CCCC1)C2. The number of rotatable bonds is 3. The Bertz CT molecular complexity index is 967. The van der Waals surface area contributed by atoms with Crippen molar-refractivity contribution in [3.8, 4) is 0 Å². The average Bonchev–Trinajstić information content (AvgIpc) is 3.34. The van der Waals surface area contributed by atoms with Crippen LogP contribution < -0.4 is 5.56 Å². The first kappa shape index (κ1) is 19.4. The smallest absolute Gasteiger partial charge is 0.256 e. The van der Waals surface area contributed by atoms with Crippen LogP contribution in [-0.4, -0.2) is 49.8 Å². The summed E-state index contributed by atoms with van der Waals surface area (Å²) in [5.41, 5.74) is 2.29. The molecule has 7 heteroatoms. The van der Waals surface area contributed by atoms with Gasteiger partial charge in [0.05, 0.1) is 17.3 Å². The molecule has 1 N–H and O–H groups in total. The number of aromatic nitrogens is 3. The average molecular weight is 408 g/mol. The second-order valence-corrected chi connectivity index (χ2v) is 8.79. The first-order valence-corrected chi connectivity index (χ1v) is 11.3. The highest BCUT2D eigenvalue weighted by Gasteiger charge is 2.33. The third-order valence-electron chi connectivity index (χ3n) is 6.95. The summed E-state index contributed by atoms with van der Waals surface area (Å²) < 4.78 is 0. The molecular weight excluding hydrogens is 378 g/mol. The number of likely N-dealkylation sites (tertiary alicyclic amines) is 1. The quantitative estimate of drug-likeness (QED) is 0.846. The second kappa shape index (κ2) is 8.30. The molecule has 158 valence electrons. The van der Waals surface area contributed by atoms with Gasteiger partial charge in [-0.25, -0.2) is 4.98 Å². The zero-order valence-electron chi connectivity index (χ0n) is 17.3. The monoisotopic (exact) mass is 407 g/mol. The van der Waals surface area contributed by atoms with Crippen LogP contribution in [0.1, 0.15) is 78.4 Å². The first-order chi connectivity index (χ1) is 14.7. The van der Waals surface area contributed by atoms with Gasteiger partial charge in [-0.2, -0.15) is 0 Å². The number of carbonyl (C=O) groups excluding carboxylic acids is 1. The number of nitrogens with one attached hydrogen (secondary N) is 1. The van der Waals surface area contributed by atoms with Crippen molar-refractivity contribution in [1.82, 2.24) is 24.8 Å². The van der Waals surface area contributed by atoms with Crippen LogP contribution in [-0.2, 0) is 13.0 Å². The van der Waals surface area contributed by atoms with E-state index < -0.39 is 0 Å². The third kappa shape index (κ3) is 3.67. The fraction of sp³-hybridized carbons (Fsp3) is 0.565. The molecule has 1 atom stereocenters. The van der Waals surface area contributed by atoms with Crippen molar-refractivity contribution in [1.29, 1.82) is 0 Å². The van der Waals surface area contributed by atoms with Crippen molar-refractivity contribution in [2.45, 2.75) is 70.0 Å². The fourth-order valence-corrected chi connectivity index (χ4v) is 5.33. The lowest BCUT2D eigenvalue weighted by atomic mass is 9.99. The molecule has 30 heavy (non-hydrogen) atoms. The highest BCUT2D eigenvalue weighted by atomic mass is 16.2. The maximum atomic E-state index is 13.1. The van der Waals surface area contributed by atoms with E-state index in [0.29, 0.717) is 24.0 Å². The normalized spacial score (nSPS) is 22.8. The largest absolute Gasteiger partial charge is 0.328 e. The van der Waals surface area contributed by atoms with Gasteiger partial charge in [0.25, 0.3) is 11.5 Å². The van der Waals surface area contributed by atoms with E-state index in [4.69, 9.17) is 4.98 Å². The minimum atomic E-state index is -0.189. The highest BCUT2D eigenvalue weighted by molar-refractivity contribution is 5.94. The number of piperidine rings is 1. The molecule has 0 aromatic carbocycles. The number of aromatic amines is 1. The zero-order chi connectivity index (χ0) is 20.5. The Hall–Kier alpha value is -2.54. The summed E-state index contributed by atoms with van der Waals surface area (Å²) in [7, 11) is 0. The standard InChI is InChI=1S/C23H29N5O2/c29-22-18-10-13-27(17-7-1-2-8-17)15-19(18)25-21(26-22)20-9-3-4-12-28(20)23(30)16-6-5-11-24-14-16/h5-6,11,14,17,20H,1-4,7-10,12-13,15H2,(H,25,26,29). The summed E-state index contributed by atoms with van der Waals surface area (Å²) in [4.78, 5) is 42.4. The van der Waals surface area contributed by atoms with E-state index in [1.165, 1.54) is 25.7 Å². The summed E-state index contributed by atoms with van der Waals surface area (Å²) in [6.07, 6.45) is 12.0. The summed E-state index contributed by atoms with van der Waals surface area (Å²) >= 11 is 0. The van der Waals surface area contributed by atoms with Gasteiger partial charge in [-0.05, 0) is 50.7 Å². The Kier molecular flexibility index (Phi) is 5.37. The van der Waals surface area contributed by atoms with Gasteiger partial charge < -0.3 is 9.88 Å². The lowest BCUT2D eigenvalue weighted by Crippen LogP contribution is -2.43. The Morgan fingerprint density at radius 3 is 2.73 bits per heavy atom. The molecule has 2 aromatic heterocycles. The Balaban J connectivity index is 1.44. The molecule has 0 radical (unpaired) electrons. The molecule has 1 amide bonds. The maximum Gasteiger partial charge on any atom is 0.256 e. The van der Waals surface area contributed by atoms with Crippen LogP contribution in [0.25, 0.3) is 0 Å². The molecule has 1 aliphatic carbocycles. The number of pyridine rings is 1. The van der Waals surface area contributed by atoms with Gasteiger partial charge in [0.1, 0.15) is 5.82 Å². The van der Waals surface area contributed by atoms with Crippen LogP contribution in [0.15, 0.2) is 29.3 Å². The van der Waals surface area contributed by atoms with E-state index >= 15 is 0 Å². The second-order valence-electron chi connectivity index (χ2n) is 8.79. The summed E-state index contributed by atoms with van der Waals surface area (Å²) in [6.45, 7) is 2.37. The molecule has 0 spiro atoms. The molecule has 7 nitrogen and oxygen atoms in total. The number of H-pyrrole nitrogens is 1. The number of carbonyl (C=O) groups is 1. The van der Waals surface area contributed by atoms with Gasteiger partial charge in [-0.3, -0.25) is 19.5 Å². The molecule has 0 bridgehead atoms. The molecule has 2 fully saturated rings. The van der Waals surface area contributed by atoms with Crippen LogP contribution in [0.4, 0.5) is 0 Å². The van der Waals surface area contributed by atoms with Crippen LogP contribution in [0, 0.1) is 0 Å². The molecular formula is C23H29N5O2.